The standard InChI is InChI=1S/C19H21N3O2S/c1-5-24-19(23)16-12(4)15-17(20-10-21-18(15)25-16)22-14-9-7-6-8-13(14)11(2)3/h6-11H,5H2,1-4H3,(H,20,21,22). The van der Waals surface area contributed by atoms with Crippen LogP contribution in [0.25, 0.3) is 10.2 Å². The van der Waals surface area contributed by atoms with Crippen molar-refractivity contribution < 1.29 is 9.53 Å². The quantitative estimate of drug-likeness (QED) is 0.649. The van der Waals surface area contributed by atoms with Crippen LogP contribution in [0, 0.1) is 6.92 Å². The van der Waals surface area contributed by atoms with Gasteiger partial charge in [0.2, 0.25) is 0 Å². The first-order chi connectivity index (χ1) is 12.0. The Balaban J connectivity index is 2.08. The number of ether oxygens (including phenoxy) is 1. The van der Waals surface area contributed by atoms with Crippen molar-refractivity contribution in [2.24, 2.45) is 0 Å². The molecule has 0 saturated heterocycles. The lowest BCUT2D eigenvalue weighted by Gasteiger charge is -2.14. The Bertz CT molecular complexity index is 918. The maximum Gasteiger partial charge on any atom is 0.348 e. The van der Waals surface area contributed by atoms with Crippen molar-refractivity contribution in [1.29, 1.82) is 0 Å². The number of aryl methyl sites for hydroxylation is 1. The SMILES string of the molecule is CCOC(=O)c1sc2ncnc(Nc3ccccc3C(C)C)c2c1C. The number of para-hydroxylation sites is 1. The number of nitrogens with zero attached hydrogens (tertiary/aromatic N) is 2. The fraction of sp³-hybridized carbons (Fsp3) is 0.316. The number of hydrogen-bond acceptors (Lipinski definition) is 6. The number of nitrogens with one attached hydrogen (secondary N) is 1. The zero-order chi connectivity index (χ0) is 18.0. The van der Waals surface area contributed by atoms with E-state index in [2.05, 4.69) is 35.2 Å². The van der Waals surface area contributed by atoms with Gasteiger partial charge in [0.15, 0.2) is 0 Å². The molecule has 6 heteroatoms. The Morgan fingerprint density at radius 3 is 2.76 bits per heavy atom. The molecule has 0 saturated carbocycles. The lowest BCUT2D eigenvalue weighted by molar-refractivity contribution is 0.0531. The van der Waals surface area contributed by atoms with Crippen LogP contribution in [-0.2, 0) is 4.74 Å². The molecule has 0 spiro atoms. The van der Waals surface area contributed by atoms with Gasteiger partial charge in [-0.15, -0.1) is 11.3 Å². The van der Waals surface area contributed by atoms with E-state index in [1.807, 2.05) is 25.1 Å². The van der Waals surface area contributed by atoms with Gasteiger partial charge < -0.3 is 10.1 Å². The highest BCUT2D eigenvalue weighted by Crippen LogP contribution is 2.36. The van der Waals surface area contributed by atoms with Crippen molar-refractivity contribution in [1.82, 2.24) is 9.97 Å². The van der Waals surface area contributed by atoms with E-state index >= 15 is 0 Å². The van der Waals surface area contributed by atoms with Crippen molar-refractivity contribution >= 4 is 39.0 Å². The van der Waals surface area contributed by atoms with Gasteiger partial charge in [-0.1, -0.05) is 32.0 Å². The van der Waals surface area contributed by atoms with E-state index in [1.54, 1.807) is 6.92 Å². The van der Waals surface area contributed by atoms with E-state index in [4.69, 9.17) is 4.74 Å². The second-order valence-corrected chi connectivity index (χ2v) is 7.05. The highest BCUT2D eigenvalue weighted by molar-refractivity contribution is 7.20. The summed E-state index contributed by atoms with van der Waals surface area (Å²) in [4.78, 5) is 22.3. The van der Waals surface area contributed by atoms with Crippen LogP contribution < -0.4 is 5.32 Å². The monoisotopic (exact) mass is 355 g/mol. The van der Waals surface area contributed by atoms with Crippen LogP contribution in [0.1, 0.15) is 47.5 Å². The number of hydrogen-bond donors (Lipinski definition) is 1. The molecule has 3 rings (SSSR count). The van der Waals surface area contributed by atoms with Gasteiger partial charge in [0.1, 0.15) is 21.9 Å². The molecule has 2 heterocycles. The van der Waals surface area contributed by atoms with E-state index in [0.29, 0.717) is 23.2 Å². The van der Waals surface area contributed by atoms with Gasteiger partial charge in [0.05, 0.1) is 12.0 Å². The minimum absolute atomic E-state index is 0.309. The normalized spacial score (nSPS) is 11.1. The van der Waals surface area contributed by atoms with E-state index in [-0.39, 0.29) is 5.97 Å². The Morgan fingerprint density at radius 2 is 2.04 bits per heavy atom. The smallest absolute Gasteiger partial charge is 0.348 e. The second kappa shape index (κ2) is 7.19. The molecule has 0 radical (unpaired) electrons. The number of fused-ring (bicyclic) bond motifs is 1. The number of aromatic nitrogens is 2. The summed E-state index contributed by atoms with van der Waals surface area (Å²) in [5, 5.41) is 4.29. The van der Waals surface area contributed by atoms with Gasteiger partial charge in [-0.25, -0.2) is 14.8 Å². The molecule has 0 aliphatic heterocycles. The Hall–Kier alpha value is -2.47. The number of carbonyl (C=O) groups excluding carboxylic acids is 1. The minimum atomic E-state index is -0.309. The Labute approximate surface area is 151 Å². The molecule has 130 valence electrons. The maximum atomic E-state index is 12.2. The third-order valence-electron chi connectivity index (χ3n) is 4.02. The molecule has 0 aliphatic carbocycles. The number of thiophene rings is 1. The zero-order valence-electron chi connectivity index (χ0n) is 14.8. The van der Waals surface area contributed by atoms with Crippen LogP contribution in [0.15, 0.2) is 30.6 Å². The number of carbonyl (C=O) groups is 1. The fourth-order valence-corrected chi connectivity index (χ4v) is 3.84. The van der Waals surface area contributed by atoms with E-state index < -0.39 is 0 Å². The van der Waals surface area contributed by atoms with Crippen LogP contribution in [0.3, 0.4) is 0 Å². The number of benzene rings is 1. The van der Waals surface area contributed by atoms with Gasteiger partial charge >= 0.3 is 5.97 Å². The molecule has 0 unspecified atom stereocenters. The van der Waals surface area contributed by atoms with Crippen molar-refractivity contribution in [3.05, 3.63) is 46.6 Å². The predicted molar refractivity (Wildman–Crippen MR) is 102 cm³/mol. The molecule has 5 nitrogen and oxygen atoms in total. The average Bonchev–Trinajstić information content (AvgIpc) is 2.93. The van der Waals surface area contributed by atoms with Crippen LogP contribution in [0.2, 0.25) is 0 Å². The average molecular weight is 355 g/mol. The molecule has 1 aromatic carbocycles. The minimum Gasteiger partial charge on any atom is -0.462 e. The number of esters is 1. The number of rotatable bonds is 5. The summed E-state index contributed by atoms with van der Waals surface area (Å²) in [6, 6.07) is 8.18. The maximum absolute atomic E-state index is 12.2. The van der Waals surface area contributed by atoms with Crippen molar-refractivity contribution in [3.63, 3.8) is 0 Å². The summed E-state index contributed by atoms with van der Waals surface area (Å²) < 4.78 is 5.15. The topological polar surface area (TPSA) is 64.1 Å². The van der Waals surface area contributed by atoms with Crippen molar-refractivity contribution in [3.8, 4) is 0 Å². The molecule has 1 N–H and O–H groups in total. The first-order valence-corrected chi connectivity index (χ1v) is 9.11. The third kappa shape index (κ3) is 3.35. The molecule has 2 aromatic heterocycles. The van der Waals surface area contributed by atoms with Gasteiger partial charge in [-0.2, -0.15) is 0 Å². The fourth-order valence-electron chi connectivity index (χ4n) is 2.80. The first-order valence-electron chi connectivity index (χ1n) is 8.30. The first kappa shape index (κ1) is 17.4. The third-order valence-corrected chi connectivity index (χ3v) is 5.20. The van der Waals surface area contributed by atoms with Crippen molar-refractivity contribution in [2.45, 2.75) is 33.6 Å². The molecule has 0 fully saturated rings. The number of anilines is 2. The lowest BCUT2D eigenvalue weighted by atomic mass is 10.0. The van der Waals surface area contributed by atoms with Crippen LogP contribution >= 0.6 is 11.3 Å². The molecule has 0 bridgehead atoms. The van der Waals surface area contributed by atoms with E-state index in [0.717, 1.165) is 21.5 Å². The predicted octanol–water partition coefficient (Wildman–Crippen LogP) is 5.04. The second-order valence-electron chi connectivity index (χ2n) is 6.05. The molecule has 25 heavy (non-hydrogen) atoms. The highest BCUT2D eigenvalue weighted by Gasteiger charge is 2.20. The van der Waals surface area contributed by atoms with Gasteiger partial charge in [0.25, 0.3) is 0 Å². The summed E-state index contributed by atoms with van der Waals surface area (Å²) in [5.74, 6) is 0.790. The summed E-state index contributed by atoms with van der Waals surface area (Å²) in [7, 11) is 0. The molecular formula is C19H21N3O2S. The van der Waals surface area contributed by atoms with Gasteiger partial charge in [0, 0.05) is 5.69 Å². The van der Waals surface area contributed by atoms with Crippen molar-refractivity contribution in [2.75, 3.05) is 11.9 Å². The van der Waals surface area contributed by atoms with E-state index in [9.17, 15) is 4.79 Å². The Kier molecular flexibility index (Phi) is 4.99. The van der Waals surface area contributed by atoms with E-state index in [1.165, 1.54) is 23.2 Å². The van der Waals surface area contributed by atoms with Crippen LogP contribution in [0.4, 0.5) is 11.5 Å². The van der Waals surface area contributed by atoms with Gasteiger partial charge in [-0.05, 0) is 37.0 Å². The Morgan fingerprint density at radius 1 is 1.28 bits per heavy atom. The summed E-state index contributed by atoms with van der Waals surface area (Å²) >= 11 is 1.34. The summed E-state index contributed by atoms with van der Waals surface area (Å²) in [5.41, 5.74) is 3.08. The largest absolute Gasteiger partial charge is 0.462 e. The summed E-state index contributed by atoms with van der Waals surface area (Å²) in [6.07, 6.45) is 1.52. The van der Waals surface area contributed by atoms with Crippen LogP contribution in [0.5, 0.6) is 0 Å². The van der Waals surface area contributed by atoms with Gasteiger partial charge in [-0.3, -0.25) is 0 Å². The summed E-state index contributed by atoms with van der Waals surface area (Å²) in [6.45, 7) is 8.38. The molecule has 3 aromatic rings. The molecule has 0 atom stereocenters. The van der Waals surface area contributed by atoms with Crippen LogP contribution in [-0.4, -0.2) is 22.5 Å². The molecular weight excluding hydrogens is 334 g/mol. The molecule has 0 amide bonds. The lowest BCUT2D eigenvalue weighted by Crippen LogP contribution is -2.04. The zero-order valence-corrected chi connectivity index (χ0v) is 15.6. The molecule has 0 aliphatic rings. The highest BCUT2D eigenvalue weighted by atomic mass is 32.1.